The molecule has 1 aliphatic rings. The molecule has 1 aliphatic heterocycles. The number of hydrogen-bond acceptors (Lipinski definition) is 4. The quantitative estimate of drug-likeness (QED) is 0.892. The molecule has 0 saturated carbocycles. The Bertz CT molecular complexity index is 696. The van der Waals surface area contributed by atoms with Gasteiger partial charge in [-0.25, -0.2) is 9.37 Å². The van der Waals surface area contributed by atoms with Crippen LogP contribution in [0, 0.1) is 0 Å². The van der Waals surface area contributed by atoms with Gasteiger partial charge in [0, 0.05) is 13.6 Å². The molecule has 0 amide bonds. The van der Waals surface area contributed by atoms with Gasteiger partial charge in [0.2, 0.25) is 0 Å². The SMILES string of the molecule is C=C1N(C)c2ccccc2N1c1ccc(NCCC(C)F)nc1. The van der Waals surface area contributed by atoms with Gasteiger partial charge in [-0.05, 0) is 37.6 Å². The van der Waals surface area contributed by atoms with E-state index in [0.717, 1.165) is 28.7 Å². The first kappa shape index (κ1) is 15.3. The predicted molar refractivity (Wildman–Crippen MR) is 94.0 cm³/mol. The van der Waals surface area contributed by atoms with Gasteiger partial charge in [0.25, 0.3) is 0 Å². The van der Waals surface area contributed by atoms with E-state index in [-0.39, 0.29) is 0 Å². The maximum atomic E-state index is 12.8. The molecule has 1 aromatic heterocycles. The van der Waals surface area contributed by atoms with Crippen molar-refractivity contribution in [2.45, 2.75) is 19.5 Å². The second-order valence-electron chi connectivity index (χ2n) is 5.70. The van der Waals surface area contributed by atoms with Crippen LogP contribution in [-0.2, 0) is 0 Å². The first-order chi connectivity index (χ1) is 11.1. The second-order valence-corrected chi connectivity index (χ2v) is 5.70. The highest BCUT2D eigenvalue weighted by molar-refractivity contribution is 5.87. The zero-order valence-electron chi connectivity index (χ0n) is 13.5. The van der Waals surface area contributed by atoms with Crippen LogP contribution in [-0.4, -0.2) is 24.7 Å². The minimum Gasteiger partial charge on any atom is -0.370 e. The zero-order valence-corrected chi connectivity index (χ0v) is 13.5. The van der Waals surface area contributed by atoms with Gasteiger partial charge < -0.3 is 10.2 Å². The van der Waals surface area contributed by atoms with Crippen molar-refractivity contribution in [1.82, 2.24) is 4.98 Å². The number of benzene rings is 1. The van der Waals surface area contributed by atoms with Crippen LogP contribution in [0.15, 0.2) is 55.0 Å². The van der Waals surface area contributed by atoms with Crippen LogP contribution in [0.1, 0.15) is 13.3 Å². The minimum atomic E-state index is -0.804. The van der Waals surface area contributed by atoms with E-state index < -0.39 is 6.17 Å². The molecule has 1 N–H and O–H groups in total. The maximum absolute atomic E-state index is 12.8. The van der Waals surface area contributed by atoms with Gasteiger partial charge in [0.15, 0.2) is 0 Å². The van der Waals surface area contributed by atoms with Gasteiger partial charge >= 0.3 is 0 Å². The smallest absolute Gasteiger partial charge is 0.126 e. The van der Waals surface area contributed by atoms with Crippen LogP contribution in [0.4, 0.5) is 27.3 Å². The van der Waals surface area contributed by atoms with Crippen LogP contribution in [0.5, 0.6) is 0 Å². The molecule has 3 rings (SSSR count). The molecule has 5 heteroatoms. The summed E-state index contributed by atoms with van der Waals surface area (Å²) in [5, 5.41) is 3.13. The van der Waals surface area contributed by atoms with Crippen molar-refractivity contribution in [3.8, 4) is 0 Å². The Kier molecular flexibility index (Phi) is 4.19. The fraction of sp³-hybridized carbons (Fsp3) is 0.278. The molecule has 1 atom stereocenters. The molecule has 0 saturated heterocycles. The molecule has 0 bridgehead atoms. The molecule has 0 aliphatic carbocycles. The number of para-hydroxylation sites is 2. The van der Waals surface area contributed by atoms with E-state index in [1.165, 1.54) is 0 Å². The van der Waals surface area contributed by atoms with Crippen molar-refractivity contribution in [3.63, 3.8) is 0 Å². The third kappa shape index (κ3) is 2.99. The zero-order chi connectivity index (χ0) is 16.4. The lowest BCUT2D eigenvalue weighted by atomic mass is 10.2. The van der Waals surface area contributed by atoms with Crippen molar-refractivity contribution in [2.24, 2.45) is 0 Å². The van der Waals surface area contributed by atoms with Gasteiger partial charge in [0.05, 0.1) is 29.4 Å². The third-order valence-corrected chi connectivity index (χ3v) is 3.98. The first-order valence-electron chi connectivity index (χ1n) is 7.73. The van der Waals surface area contributed by atoms with Crippen LogP contribution in [0.2, 0.25) is 0 Å². The second kappa shape index (κ2) is 6.28. The van der Waals surface area contributed by atoms with E-state index in [2.05, 4.69) is 38.8 Å². The lowest BCUT2D eigenvalue weighted by molar-refractivity contribution is 0.348. The molecule has 0 radical (unpaired) electrons. The highest BCUT2D eigenvalue weighted by Gasteiger charge is 2.28. The number of rotatable bonds is 5. The molecular weight excluding hydrogens is 291 g/mol. The highest BCUT2D eigenvalue weighted by atomic mass is 19.1. The number of anilines is 4. The number of hydrogen-bond donors (Lipinski definition) is 1. The Balaban J connectivity index is 1.79. The normalized spacial score (nSPS) is 14.8. The maximum Gasteiger partial charge on any atom is 0.126 e. The van der Waals surface area contributed by atoms with Crippen molar-refractivity contribution in [1.29, 1.82) is 0 Å². The Labute approximate surface area is 136 Å². The highest BCUT2D eigenvalue weighted by Crippen LogP contribution is 2.44. The fourth-order valence-electron chi connectivity index (χ4n) is 2.68. The molecular formula is C18H21FN4. The monoisotopic (exact) mass is 312 g/mol. The van der Waals surface area contributed by atoms with Crippen LogP contribution < -0.4 is 15.1 Å². The summed E-state index contributed by atoms with van der Waals surface area (Å²) < 4.78 is 12.8. The van der Waals surface area contributed by atoms with Crippen LogP contribution in [0.3, 0.4) is 0 Å². The number of aromatic nitrogens is 1. The summed E-state index contributed by atoms with van der Waals surface area (Å²) in [7, 11) is 2.00. The standard InChI is InChI=1S/C18H21FN4/c1-13(19)10-11-20-18-9-8-15(12-21-18)23-14(2)22(3)16-6-4-5-7-17(16)23/h4-9,12-13H,2,10-11H2,1,3H3,(H,20,21). The summed E-state index contributed by atoms with van der Waals surface area (Å²) in [5.41, 5.74) is 3.17. The Morgan fingerprint density at radius 2 is 1.96 bits per heavy atom. The molecule has 120 valence electrons. The largest absolute Gasteiger partial charge is 0.370 e. The summed E-state index contributed by atoms with van der Waals surface area (Å²) in [4.78, 5) is 8.56. The lowest BCUT2D eigenvalue weighted by Crippen LogP contribution is -2.20. The number of halogens is 1. The van der Waals surface area contributed by atoms with Crippen LogP contribution >= 0.6 is 0 Å². The predicted octanol–water partition coefficient (Wildman–Crippen LogP) is 4.30. The van der Waals surface area contributed by atoms with Gasteiger partial charge in [-0.3, -0.25) is 4.90 Å². The molecule has 4 nitrogen and oxygen atoms in total. The number of pyridine rings is 1. The molecule has 2 aromatic rings. The van der Waals surface area contributed by atoms with E-state index >= 15 is 0 Å². The molecule has 23 heavy (non-hydrogen) atoms. The van der Waals surface area contributed by atoms with Gasteiger partial charge in [-0.2, -0.15) is 0 Å². The van der Waals surface area contributed by atoms with Gasteiger partial charge in [0.1, 0.15) is 11.6 Å². The summed E-state index contributed by atoms with van der Waals surface area (Å²) in [6, 6.07) is 12.1. The van der Waals surface area contributed by atoms with Crippen LogP contribution in [0.25, 0.3) is 0 Å². The van der Waals surface area contributed by atoms with E-state index in [9.17, 15) is 4.39 Å². The molecule has 0 fully saturated rings. The molecule has 0 spiro atoms. The van der Waals surface area contributed by atoms with Crippen molar-refractivity contribution < 1.29 is 4.39 Å². The first-order valence-corrected chi connectivity index (χ1v) is 7.73. The van der Waals surface area contributed by atoms with Crippen molar-refractivity contribution in [3.05, 3.63) is 55.0 Å². The Morgan fingerprint density at radius 1 is 1.22 bits per heavy atom. The van der Waals surface area contributed by atoms with E-state index in [1.54, 1.807) is 6.92 Å². The average molecular weight is 312 g/mol. The summed E-state index contributed by atoms with van der Waals surface area (Å²) in [6.07, 6.45) is 1.48. The fourth-order valence-corrected chi connectivity index (χ4v) is 2.68. The number of nitrogens with zero attached hydrogens (tertiary/aromatic N) is 3. The van der Waals surface area contributed by atoms with Crippen molar-refractivity contribution >= 4 is 22.9 Å². The number of nitrogens with one attached hydrogen (secondary N) is 1. The van der Waals surface area contributed by atoms with Crippen molar-refractivity contribution in [2.75, 3.05) is 28.7 Å². The average Bonchev–Trinajstić information content (AvgIpc) is 2.80. The van der Waals surface area contributed by atoms with Gasteiger partial charge in [-0.1, -0.05) is 18.7 Å². The topological polar surface area (TPSA) is 31.4 Å². The molecule has 2 heterocycles. The lowest BCUT2D eigenvalue weighted by Gasteiger charge is -2.21. The minimum absolute atomic E-state index is 0.477. The van der Waals surface area contributed by atoms with Gasteiger partial charge in [-0.15, -0.1) is 0 Å². The van der Waals surface area contributed by atoms with E-state index in [1.807, 2.05) is 37.5 Å². The summed E-state index contributed by atoms with van der Waals surface area (Å²) in [6.45, 7) is 6.30. The molecule has 1 unspecified atom stereocenters. The Morgan fingerprint density at radius 3 is 2.61 bits per heavy atom. The number of fused-ring (bicyclic) bond motifs is 1. The van der Waals surface area contributed by atoms with E-state index in [4.69, 9.17) is 0 Å². The Hall–Kier alpha value is -2.56. The van der Waals surface area contributed by atoms with E-state index in [0.29, 0.717) is 13.0 Å². The third-order valence-electron chi connectivity index (χ3n) is 3.98. The number of alkyl halides is 1. The summed E-state index contributed by atoms with van der Waals surface area (Å²) in [5.74, 6) is 1.64. The molecule has 1 aromatic carbocycles. The summed E-state index contributed by atoms with van der Waals surface area (Å²) >= 11 is 0.